The van der Waals surface area contributed by atoms with Crippen molar-refractivity contribution < 1.29 is 19.0 Å². The number of hydrogen-bond acceptors (Lipinski definition) is 5. The van der Waals surface area contributed by atoms with Crippen LogP contribution in [0.15, 0.2) is 72.8 Å². The molecule has 38 heavy (non-hydrogen) atoms. The summed E-state index contributed by atoms with van der Waals surface area (Å²) >= 11 is 0. The molecular weight excluding hydrogens is 476 g/mol. The highest BCUT2D eigenvalue weighted by Crippen LogP contribution is 2.37. The number of benzene rings is 3. The van der Waals surface area contributed by atoms with Gasteiger partial charge in [0.15, 0.2) is 0 Å². The predicted octanol–water partition coefficient (Wildman–Crippen LogP) is 6.72. The highest BCUT2D eigenvalue weighted by molar-refractivity contribution is 5.68. The van der Waals surface area contributed by atoms with Crippen molar-refractivity contribution in [2.45, 2.75) is 51.2 Å². The quantitative estimate of drug-likeness (QED) is 0.351. The molecule has 0 unspecified atom stereocenters. The Morgan fingerprint density at radius 2 is 1.63 bits per heavy atom. The number of carbonyl (C=O) groups excluding carboxylic acids is 1. The summed E-state index contributed by atoms with van der Waals surface area (Å²) in [5.74, 6) is 0.774. The summed E-state index contributed by atoms with van der Waals surface area (Å²) in [6.07, 6.45) is 1.32. The van der Waals surface area contributed by atoms with E-state index in [9.17, 15) is 4.79 Å². The number of carbonyl (C=O) groups is 1. The molecule has 1 aliphatic rings. The fraction of sp³-hybridized carbons (Fsp3) is 0.375. The van der Waals surface area contributed by atoms with Crippen molar-refractivity contribution >= 4 is 6.09 Å². The number of amides is 1. The Balaban J connectivity index is 1.49. The third-order valence-electron chi connectivity index (χ3n) is 7.02. The molecule has 3 aromatic carbocycles. The van der Waals surface area contributed by atoms with E-state index in [2.05, 4.69) is 36.4 Å². The maximum atomic E-state index is 12.7. The van der Waals surface area contributed by atoms with Gasteiger partial charge in [0.1, 0.15) is 11.4 Å². The molecule has 0 atom stereocenters. The van der Waals surface area contributed by atoms with Crippen LogP contribution in [0.5, 0.6) is 5.75 Å². The van der Waals surface area contributed by atoms with E-state index in [4.69, 9.17) is 19.5 Å². The zero-order valence-electron chi connectivity index (χ0n) is 22.7. The van der Waals surface area contributed by atoms with E-state index in [1.54, 1.807) is 12.0 Å². The van der Waals surface area contributed by atoms with Crippen LogP contribution in [0.2, 0.25) is 0 Å². The lowest BCUT2D eigenvalue weighted by Gasteiger charge is -2.42. The van der Waals surface area contributed by atoms with Gasteiger partial charge in [-0.2, -0.15) is 5.26 Å². The maximum Gasteiger partial charge on any atom is 0.410 e. The van der Waals surface area contributed by atoms with Crippen molar-refractivity contribution in [1.82, 2.24) is 4.90 Å². The number of methoxy groups -OCH3 is 1. The van der Waals surface area contributed by atoms with Crippen LogP contribution >= 0.6 is 0 Å². The van der Waals surface area contributed by atoms with Crippen molar-refractivity contribution in [2.24, 2.45) is 0 Å². The van der Waals surface area contributed by atoms with E-state index in [1.165, 1.54) is 5.56 Å². The van der Waals surface area contributed by atoms with Crippen LogP contribution in [0.4, 0.5) is 4.79 Å². The van der Waals surface area contributed by atoms with Crippen LogP contribution in [0.3, 0.4) is 0 Å². The number of nitriles is 1. The van der Waals surface area contributed by atoms with Gasteiger partial charge in [0.2, 0.25) is 0 Å². The van der Waals surface area contributed by atoms with Crippen LogP contribution in [-0.4, -0.2) is 43.4 Å². The number of nitrogens with zero attached hydrogens (tertiary/aromatic N) is 2. The van der Waals surface area contributed by atoms with Gasteiger partial charge in [-0.15, -0.1) is 0 Å². The van der Waals surface area contributed by atoms with Crippen LogP contribution < -0.4 is 4.74 Å². The Morgan fingerprint density at radius 1 is 0.974 bits per heavy atom. The van der Waals surface area contributed by atoms with Crippen LogP contribution in [0.1, 0.15) is 50.3 Å². The van der Waals surface area contributed by atoms with E-state index in [0.717, 1.165) is 35.3 Å². The fourth-order valence-electron chi connectivity index (χ4n) is 4.92. The molecule has 6 nitrogen and oxygen atoms in total. The van der Waals surface area contributed by atoms with E-state index < -0.39 is 5.60 Å². The molecule has 0 N–H and O–H groups in total. The van der Waals surface area contributed by atoms with Gasteiger partial charge >= 0.3 is 6.09 Å². The van der Waals surface area contributed by atoms with Crippen molar-refractivity contribution in [3.63, 3.8) is 0 Å². The lowest BCUT2D eigenvalue weighted by Crippen LogP contribution is -2.48. The molecular formula is C32H36N2O4. The van der Waals surface area contributed by atoms with Crippen molar-refractivity contribution in [3.8, 4) is 22.9 Å². The van der Waals surface area contributed by atoms with Crippen LogP contribution in [-0.2, 0) is 21.5 Å². The minimum atomic E-state index is -0.514. The molecule has 1 fully saturated rings. The molecule has 3 aromatic rings. The third kappa shape index (κ3) is 6.54. The van der Waals surface area contributed by atoms with Crippen LogP contribution in [0.25, 0.3) is 11.1 Å². The summed E-state index contributed by atoms with van der Waals surface area (Å²) in [5.41, 5.74) is 4.18. The van der Waals surface area contributed by atoms with E-state index >= 15 is 0 Å². The largest absolute Gasteiger partial charge is 0.496 e. The van der Waals surface area contributed by atoms with Crippen LogP contribution in [0, 0.1) is 11.3 Å². The monoisotopic (exact) mass is 512 g/mol. The minimum absolute atomic E-state index is 0.197. The van der Waals surface area contributed by atoms with Gasteiger partial charge in [-0.25, -0.2) is 4.79 Å². The highest BCUT2D eigenvalue weighted by Gasteiger charge is 2.38. The molecule has 1 heterocycles. The molecule has 0 spiro atoms. The fourth-order valence-corrected chi connectivity index (χ4v) is 4.92. The molecule has 4 rings (SSSR count). The molecule has 6 heteroatoms. The number of piperidine rings is 1. The van der Waals surface area contributed by atoms with Crippen molar-refractivity contribution in [3.05, 3.63) is 89.5 Å². The number of ether oxygens (including phenoxy) is 3. The van der Waals surface area contributed by atoms with Gasteiger partial charge < -0.3 is 19.1 Å². The molecule has 1 saturated heterocycles. The van der Waals surface area contributed by atoms with Gasteiger partial charge in [-0.1, -0.05) is 48.5 Å². The molecule has 0 saturated carbocycles. The zero-order valence-corrected chi connectivity index (χ0v) is 22.7. The van der Waals surface area contributed by atoms with Crippen molar-refractivity contribution in [1.29, 1.82) is 5.26 Å². The zero-order chi connectivity index (χ0) is 27.2. The Hall–Kier alpha value is -3.82. The first kappa shape index (κ1) is 27.2. The first-order chi connectivity index (χ1) is 18.2. The number of hydrogen-bond donors (Lipinski definition) is 0. The van der Waals surface area contributed by atoms with Gasteiger partial charge in [0, 0.05) is 24.1 Å². The Labute approximate surface area is 225 Å². The maximum absolute atomic E-state index is 12.7. The predicted molar refractivity (Wildman–Crippen MR) is 148 cm³/mol. The SMILES string of the molecule is COc1ccc(-c2ccc(C#N)cc2)cc1COCC1(c2ccccc2)CCN(C(=O)OC(C)(C)C)CC1. The normalized spacial score (nSPS) is 15.0. The van der Waals surface area contributed by atoms with E-state index in [1.807, 2.05) is 63.2 Å². The summed E-state index contributed by atoms with van der Waals surface area (Å²) in [6.45, 7) is 7.83. The summed E-state index contributed by atoms with van der Waals surface area (Å²) < 4.78 is 17.6. The molecule has 1 aliphatic heterocycles. The topological polar surface area (TPSA) is 71.8 Å². The van der Waals surface area contributed by atoms with Crippen molar-refractivity contribution in [2.75, 3.05) is 26.8 Å². The van der Waals surface area contributed by atoms with Gasteiger partial charge in [-0.3, -0.25) is 0 Å². The second kappa shape index (κ2) is 11.7. The minimum Gasteiger partial charge on any atom is -0.496 e. The lowest BCUT2D eigenvalue weighted by molar-refractivity contribution is 0.00316. The van der Waals surface area contributed by atoms with E-state index in [-0.39, 0.29) is 11.5 Å². The first-order valence-electron chi connectivity index (χ1n) is 13.0. The Morgan fingerprint density at radius 3 is 2.24 bits per heavy atom. The van der Waals surface area contributed by atoms with Gasteiger partial charge in [0.05, 0.1) is 32.0 Å². The second-order valence-electron chi connectivity index (χ2n) is 10.8. The average molecular weight is 513 g/mol. The van der Waals surface area contributed by atoms with Gasteiger partial charge in [0.25, 0.3) is 0 Å². The standard InChI is InChI=1S/C32H36N2O4/c1-31(2,3)38-30(35)34-18-16-32(17-19-34,28-8-6-5-7-9-28)23-37-22-27-20-26(14-15-29(27)36-4)25-12-10-24(21-33)11-13-25/h5-15,20H,16-19,22-23H2,1-4H3. The highest BCUT2D eigenvalue weighted by atomic mass is 16.6. The molecule has 198 valence electrons. The molecule has 0 bridgehead atoms. The summed E-state index contributed by atoms with van der Waals surface area (Å²) in [6, 6.07) is 26.2. The summed E-state index contributed by atoms with van der Waals surface area (Å²) in [7, 11) is 1.66. The molecule has 1 amide bonds. The molecule has 0 radical (unpaired) electrons. The Bertz CT molecular complexity index is 1270. The number of likely N-dealkylation sites (tertiary alicyclic amines) is 1. The summed E-state index contributed by atoms with van der Waals surface area (Å²) in [4.78, 5) is 14.5. The first-order valence-corrected chi connectivity index (χ1v) is 13.0. The smallest absolute Gasteiger partial charge is 0.410 e. The molecule has 0 aliphatic carbocycles. The molecule has 0 aromatic heterocycles. The lowest BCUT2D eigenvalue weighted by atomic mass is 9.73. The average Bonchev–Trinajstić information content (AvgIpc) is 2.93. The van der Waals surface area contributed by atoms with Gasteiger partial charge in [-0.05, 0) is 74.6 Å². The number of rotatable bonds is 7. The van der Waals surface area contributed by atoms with E-state index in [0.29, 0.717) is 31.9 Å². The Kier molecular flexibility index (Phi) is 8.38. The summed E-state index contributed by atoms with van der Waals surface area (Å²) in [5, 5.41) is 9.10. The second-order valence-corrected chi connectivity index (χ2v) is 10.8. The third-order valence-corrected chi connectivity index (χ3v) is 7.02.